The van der Waals surface area contributed by atoms with Crippen molar-refractivity contribution in [3.05, 3.63) is 47.8 Å². The average molecular weight is 324 g/mol. The molecule has 1 aliphatic heterocycles. The van der Waals surface area contributed by atoms with Gasteiger partial charge in [0.15, 0.2) is 0 Å². The molecule has 0 aliphatic carbocycles. The van der Waals surface area contributed by atoms with Gasteiger partial charge in [-0.3, -0.25) is 4.79 Å². The van der Waals surface area contributed by atoms with Gasteiger partial charge in [0.25, 0.3) is 5.91 Å². The summed E-state index contributed by atoms with van der Waals surface area (Å²) in [6, 6.07) is 10.0. The molecule has 0 bridgehead atoms. The van der Waals surface area contributed by atoms with E-state index in [0.717, 1.165) is 37.1 Å². The van der Waals surface area contributed by atoms with Crippen LogP contribution in [-0.2, 0) is 0 Å². The third-order valence-electron chi connectivity index (χ3n) is 4.51. The predicted octanol–water partition coefficient (Wildman–Crippen LogP) is 3.93. The predicted molar refractivity (Wildman–Crippen MR) is 95.5 cm³/mol. The molecule has 1 fully saturated rings. The van der Waals surface area contributed by atoms with Gasteiger partial charge in [-0.15, -0.1) is 0 Å². The lowest BCUT2D eigenvalue weighted by atomic mass is 9.99. The van der Waals surface area contributed by atoms with E-state index in [1.165, 1.54) is 6.42 Å². The Hall–Kier alpha value is -2.43. The largest absolute Gasteiger partial charge is 0.334 e. The van der Waals surface area contributed by atoms with Gasteiger partial charge in [-0.05, 0) is 56.4 Å². The molecule has 24 heavy (non-hydrogen) atoms. The van der Waals surface area contributed by atoms with Crippen LogP contribution >= 0.6 is 0 Å². The maximum absolute atomic E-state index is 12.8. The number of nitrogens with one attached hydrogen (secondary N) is 1. The molecule has 1 unspecified atom stereocenters. The van der Waals surface area contributed by atoms with Crippen LogP contribution in [0.4, 0.5) is 11.6 Å². The van der Waals surface area contributed by atoms with Crippen molar-refractivity contribution < 1.29 is 4.79 Å². The number of amides is 1. The summed E-state index contributed by atoms with van der Waals surface area (Å²) < 4.78 is 0. The van der Waals surface area contributed by atoms with Crippen molar-refractivity contribution >= 4 is 17.5 Å². The van der Waals surface area contributed by atoms with E-state index in [0.29, 0.717) is 17.7 Å². The zero-order valence-electron chi connectivity index (χ0n) is 14.3. The smallest absolute Gasteiger partial charge is 0.272 e. The first-order valence-corrected chi connectivity index (χ1v) is 8.65. The molecule has 5 heteroatoms. The van der Waals surface area contributed by atoms with Gasteiger partial charge in [0, 0.05) is 24.5 Å². The Balaban J connectivity index is 1.78. The van der Waals surface area contributed by atoms with Gasteiger partial charge >= 0.3 is 0 Å². The number of anilines is 2. The molecule has 0 radical (unpaired) electrons. The highest BCUT2D eigenvalue weighted by molar-refractivity contribution is 5.92. The molecule has 3 rings (SSSR count). The topological polar surface area (TPSA) is 58.1 Å². The molecule has 0 spiro atoms. The van der Waals surface area contributed by atoms with E-state index in [4.69, 9.17) is 0 Å². The molecule has 2 heterocycles. The lowest BCUT2D eigenvalue weighted by Crippen LogP contribution is -2.43. The molecule has 5 nitrogen and oxygen atoms in total. The Morgan fingerprint density at radius 3 is 3.00 bits per heavy atom. The van der Waals surface area contributed by atoms with Crippen LogP contribution in [-0.4, -0.2) is 33.4 Å². The van der Waals surface area contributed by atoms with E-state index in [2.05, 4.69) is 22.2 Å². The second-order valence-corrected chi connectivity index (χ2v) is 6.32. The second kappa shape index (κ2) is 7.43. The van der Waals surface area contributed by atoms with Crippen molar-refractivity contribution in [2.24, 2.45) is 0 Å². The molecule has 1 aliphatic rings. The molecule has 1 aromatic carbocycles. The number of piperidine rings is 1. The van der Waals surface area contributed by atoms with Crippen molar-refractivity contribution in [3.8, 4) is 0 Å². The van der Waals surface area contributed by atoms with Crippen LogP contribution in [0.25, 0.3) is 0 Å². The fourth-order valence-corrected chi connectivity index (χ4v) is 3.23. The van der Waals surface area contributed by atoms with Crippen LogP contribution in [0, 0.1) is 6.92 Å². The summed E-state index contributed by atoms with van der Waals surface area (Å²) in [5.41, 5.74) is 2.54. The lowest BCUT2D eigenvalue weighted by molar-refractivity contribution is 0.0602. The number of nitrogens with zero attached hydrogens (tertiary/aromatic N) is 3. The first-order valence-electron chi connectivity index (χ1n) is 8.65. The van der Waals surface area contributed by atoms with Gasteiger partial charge in [-0.25, -0.2) is 9.97 Å². The minimum absolute atomic E-state index is 0.0104. The van der Waals surface area contributed by atoms with Gasteiger partial charge in [-0.1, -0.05) is 19.1 Å². The summed E-state index contributed by atoms with van der Waals surface area (Å²) in [6.07, 6.45) is 5.99. The Labute approximate surface area is 143 Å². The van der Waals surface area contributed by atoms with Crippen LogP contribution in [0.15, 0.2) is 36.5 Å². The van der Waals surface area contributed by atoms with Crippen LogP contribution in [0.1, 0.15) is 48.7 Å². The molecule has 0 saturated carbocycles. The Morgan fingerprint density at radius 1 is 1.33 bits per heavy atom. The van der Waals surface area contributed by atoms with Crippen LogP contribution in [0.2, 0.25) is 0 Å². The maximum atomic E-state index is 12.8. The summed E-state index contributed by atoms with van der Waals surface area (Å²) in [4.78, 5) is 23.5. The summed E-state index contributed by atoms with van der Waals surface area (Å²) in [6.45, 7) is 5.00. The van der Waals surface area contributed by atoms with E-state index in [9.17, 15) is 4.79 Å². The van der Waals surface area contributed by atoms with Crippen molar-refractivity contribution in [2.75, 3.05) is 11.9 Å². The van der Waals surface area contributed by atoms with Gasteiger partial charge in [0.1, 0.15) is 5.69 Å². The number of likely N-dealkylation sites (tertiary alicyclic amines) is 1. The Morgan fingerprint density at radius 2 is 2.21 bits per heavy atom. The zero-order chi connectivity index (χ0) is 16.9. The molecule has 2 aromatic rings. The highest BCUT2D eigenvalue weighted by Gasteiger charge is 2.27. The van der Waals surface area contributed by atoms with E-state index < -0.39 is 0 Å². The van der Waals surface area contributed by atoms with Crippen LogP contribution < -0.4 is 5.32 Å². The van der Waals surface area contributed by atoms with E-state index >= 15 is 0 Å². The number of aromatic nitrogens is 2. The van der Waals surface area contributed by atoms with Crippen molar-refractivity contribution in [3.63, 3.8) is 0 Å². The summed E-state index contributed by atoms with van der Waals surface area (Å²) >= 11 is 0. The minimum Gasteiger partial charge on any atom is -0.334 e. The highest BCUT2D eigenvalue weighted by Crippen LogP contribution is 2.22. The maximum Gasteiger partial charge on any atom is 0.272 e. The fraction of sp³-hybridized carbons (Fsp3) is 0.421. The molecular weight excluding hydrogens is 300 g/mol. The number of benzene rings is 1. The third kappa shape index (κ3) is 3.72. The summed E-state index contributed by atoms with van der Waals surface area (Å²) in [5, 5.41) is 3.18. The number of hydrogen-bond acceptors (Lipinski definition) is 4. The Kier molecular flexibility index (Phi) is 5.08. The summed E-state index contributed by atoms with van der Waals surface area (Å²) in [5.74, 6) is 0.466. The lowest BCUT2D eigenvalue weighted by Gasteiger charge is -2.35. The van der Waals surface area contributed by atoms with Gasteiger partial charge in [-0.2, -0.15) is 0 Å². The van der Waals surface area contributed by atoms with Crippen molar-refractivity contribution in [1.82, 2.24) is 14.9 Å². The minimum atomic E-state index is 0.0104. The quantitative estimate of drug-likeness (QED) is 0.925. The first-order chi connectivity index (χ1) is 11.7. The fourth-order valence-electron chi connectivity index (χ4n) is 3.23. The molecular formula is C19H24N4O. The second-order valence-electron chi connectivity index (χ2n) is 6.32. The number of aryl methyl sites for hydroxylation is 1. The molecule has 1 N–H and O–H groups in total. The van der Waals surface area contributed by atoms with E-state index in [1.54, 1.807) is 12.3 Å². The highest BCUT2D eigenvalue weighted by atomic mass is 16.2. The Bertz CT molecular complexity index is 716. The van der Waals surface area contributed by atoms with Crippen LogP contribution in [0.5, 0.6) is 0 Å². The number of carbonyl (C=O) groups excluding carboxylic acids is 1. The molecule has 1 saturated heterocycles. The van der Waals surface area contributed by atoms with Gasteiger partial charge in [0.05, 0.1) is 0 Å². The standard InChI is InChI=1S/C19H24N4O/c1-3-16-9-4-5-12-23(16)18(24)17-10-11-20-19(22-17)21-15-8-6-7-14(2)13-15/h6-8,10-11,13,16H,3-5,9,12H2,1-2H3,(H,20,21,22). The molecule has 1 aromatic heterocycles. The zero-order valence-corrected chi connectivity index (χ0v) is 14.3. The number of hydrogen-bond donors (Lipinski definition) is 1. The van der Waals surface area contributed by atoms with E-state index in [1.807, 2.05) is 36.1 Å². The average Bonchev–Trinajstić information content (AvgIpc) is 2.61. The van der Waals surface area contributed by atoms with Gasteiger partial charge < -0.3 is 10.2 Å². The molecule has 1 amide bonds. The molecule has 1 atom stereocenters. The number of rotatable bonds is 4. The SMILES string of the molecule is CCC1CCCCN1C(=O)c1ccnc(Nc2cccc(C)c2)n1. The van der Waals surface area contributed by atoms with Crippen molar-refractivity contribution in [2.45, 2.75) is 45.6 Å². The van der Waals surface area contributed by atoms with Gasteiger partial charge in [0.2, 0.25) is 5.95 Å². The van der Waals surface area contributed by atoms with Crippen LogP contribution in [0.3, 0.4) is 0 Å². The monoisotopic (exact) mass is 324 g/mol. The van der Waals surface area contributed by atoms with E-state index in [-0.39, 0.29) is 5.91 Å². The number of carbonyl (C=O) groups is 1. The normalized spacial score (nSPS) is 17.6. The van der Waals surface area contributed by atoms with Crippen molar-refractivity contribution in [1.29, 1.82) is 0 Å². The first kappa shape index (κ1) is 16.4. The molecule has 126 valence electrons. The third-order valence-corrected chi connectivity index (χ3v) is 4.51. The summed E-state index contributed by atoms with van der Waals surface area (Å²) in [7, 11) is 0.